The first-order valence-electron chi connectivity index (χ1n) is 6.37. The Bertz CT molecular complexity index is 632. The van der Waals surface area contributed by atoms with Crippen molar-refractivity contribution in [2.75, 3.05) is 0 Å². The van der Waals surface area contributed by atoms with Gasteiger partial charge in [-0.3, -0.25) is 4.68 Å². The van der Waals surface area contributed by atoms with Gasteiger partial charge in [-0.1, -0.05) is 5.16 Å². The SMILES string of the molecule is CC(Cn1cccn1)NCc1nc(-c2ccsc2)no1. The third kappa shape index (κ3) is 3.12. The number of aromatic nitrogens is 4. The van der Waals surface area contributed by atoms with Crippen molar-refractivity contribution in [1.29, 1.82) is 0 Å². The van der Waals surface area contributed by atoms with Crippen LogP contribution in [0.15, 0.2) is 39.8 Å². The van der Waals surface area contributed by atoms with Gasteiger partial charge in [0.05, 0.1) is 13.1 Å². The minimum absolute atomic E-state index is 0.270. The Labute approximate surface area is 120 Å². The van der Waals surface area contributed by atoms with Crippen LogP contribution < -0.4 is 5.32 Å². The molecule has 0 fully saturated rings. The molecule has 104 valence electrons. The molecule has 0 saturated carbocycles. The zero-order valence-corrected chi connectivity index (χ0v) is 11.9. The van der Waals surface area contributed by atoms with E-state index >= 15 is 0 Å². The molecule has 1 atom stereocenters. The van der Waals surface area contributed by atoms with Crippen molar-refractivity contribution in [3.05, 3.63) is 41.2 Å². The minimum atomic E-state index is 0.270. The Morgan fingerprint density at radius 1 is 1.50 bits per heavy atom. The molecule has 0 saturated heterocycles. The Morgan fingerprint density at radius 2 is 2.45 bits per heavy atom. The average molecular weight is 289 g/mol. The predicted molar refractivity (Wildman–Crippen MR) is 76.1 cm³/mol. The molecule has 0 radical (unpaired) electrons. The van der Waals surface area contributed by atoms with Gasteiger partial charge in [-0.15, -0.1) is 0 Å². The van der Waals surface area contributed by atoms with Crippen LogP contribution in [0.4, 0.5) is 0 Å². The van der Waals surface area contributed by atoms with E-state index in [4.69, 9.17) is 4.52 Å². The molecule has 0 spiro atoms. The van der Waals surface area contributed by atoms with Crippen LogP contribution in [0.1, 0.15) is 12.8 Å². The maximum Gasteiger partial charge on any atom is 0.240 e. The monoisotopic (exact) mass is 289 g/mol. The van der Waals surface area contributed by atoms with Crippen LogP contribution >= 0.6 is 11.3 Å². The van der Waals surface area contributed by atoms with Gasteiger partial charge in [-0.2, -0.15) is 21.4 Å². The summed E-state index contributed by atoms with van der Waals surface area (Å²) in [5.74, 6) is 1.24. The number of nitrogens with zero attached hydrogens (tertiary/aromatic N) is 4. The van der Waals surface area contributed by atoms with Crippen LogP contribution in [0.25, 0.3) is 11.4 Å². The van der Waals surface area contributed by atoms with Gasteiger partial charge in [0, 0.05) is 29.4 Å². The lowest BCUT2D eigenvalue weighted by Gasteiger charge is -2.11. The van der Waals surface area contributed by atoms with Gasteiger partial charge in [0.25, 0.3) is 0 Å². The number of hydrogen-bond acceptors (Lipinski definition) is 6. The van der Waals surface area contributed by atoms with Crippen molar-refractivity contribution in [3.63, 3.8) is 0 Å². The highest BCUT2D eigenvalue weighted by atomic mass is 32.1. The van der Waals surface area contributed by atoms with E-state index in [1.165, 1.54) is 0 Å². The molecule has 3 aromatic rings. The molecule has 20 heavy (non-hydrogen) atoms. The lowest BCUT2D eigenvalue weighted by Crippen LogP contribution is -2.30. The minimum Gasteiger partial charge on any atom is -0.338 e. The highest BCUT2D eigenvalue weighted by Gasteiger charge is 2.10. The predicted octanol–water partition coefficient (Wildman–Crippen LogP) is 2.17. The Balaban J connectivity index is 1.53. The summed E-state index contributed by atoms with van der Waals surface area (Å²) in [6, 6.07) is 4.16. The van der Waals surface area contributed by atoms with Gasteiger partial charge in [0.15, 0.2) is 0 Å². The number of thiophene rings is 1. The molecule has 3 rings (SSSR count). The summed E-state index contributed by atoms with van der Waals surface area (Å²) in [7, 11) is 0. The van der Waals surface area contributed by atoms with E-state index in [0.29, 0.717) is 18.3 Å². The summed E-state index contributed by atoms with van der Waals surface area (Å²) >= 11 is 1.62. The Morgan fingerprint density at radius 3 is 3.20 bits per heavy atom. The topological polar surface area (TPSA) is 68.8 Å². The number of nitrogens with one attached hydrogen (secondary N) is 1. The highest BCUT2D eigenvalue weighted by Crippen LogP contribution is 2.18. The standard InChI is InChI=1S/C13H15N5OS/c1-10(8-18-5-2-4-15-18)14-7-12-16-13(17-19-12)11-3-6-20-9-11/h2-6,9-10,14H,7-8H2,1H3. The van der Waals surface area contributed by atoms with Crippen LogP contribution in [0.5, 0.6) is 0 Å². The van der Waals surface area contributed by atoms with E-state index in [1.807, 2.05) is 33.8 Å². The smallest absolute Gasteiger partial charge is 0.240 e. The summed E-state index contributed by atoms with van der Waals surface area (Å²) in [6.07, 6.45) is 3.72. The molecule has 6 nitrogen and oxygen atoms in total. The number of rotatable bonds is 6. The zero-order chi connectivity index (χ0) is 13.8. The molecule has 0 aliphatic carbocycles. The highest BCUT2D eigenvalue weighted by molar-refractivity contribution is 7.08. The van der Waals surface area contributed by atoms with Gasteiger partial charge in [0.1, 0.15) is 0 Å². The Hall–Kier alpha value is -1.99. The average Bonchev–Trinajstić information content (AvgIpc) is 3.18. The van der Waals surface area contributed by atoms with Crippen molar-refractivity contribution in [2.45, 2.75) is 26.1 Å². The van der Waals surface area contributed by atoms with E-state index in [2.05, 4.69) is 27.5 Å². The molecule has 1 N–H and O–H groups in total. The molecule has 3 aromatic heterocycles. The first kappa shape index (κ1) is 13.0. The van der Waals surface area contributed by atoms with Crippen LogP contribution in [-0.4, -0.2) is 26.0 Å². The van der Waals surface area contributed by atoms with Crippen LogP contribution in [0.2, 0.25) is 0 Å². The van der Waals surface area contributed by atoms with Crippen LogP contribution in [-0.2, 0) is 13.1 Å². The van der Waals surface area contributed by atoms with Crippen molar-refractivity contribution >= 4 is 11.3 Å². The van der Waals surface area contributed by atoms with E-state index < -0.39 is 0 Å². The second-order valence-electron chi connectivity index (χ2n) is 4.53. The van der Waals surface area contributed by atoms with Gasteiger partial charge in [0.2, 0.25) is 11.7 Å². The molecule has 0 aromatic carbocycles. The van der Waals surface area contributed by atoms with Crippen molar-refractivity contribution in [1.82, 2.24) is 25.2 Å². The third-order valence-corrected chi connectivity index (χ3v) is 3.55. The van der Waals surface area contributed by atoms with E-state index in [0.717, 1.165) is 12.1 Å². The first-order chi connectivity index (χ1) is 9.81. The van der Waals surface area contributed by atoms with Crippen LogP contribution in [0.3, 0.4) is 0 Å². The fourth-order valence-electron chi connectivity index (χ4n) is 1.85. The summed E-state index contributed by atoms with van der Waals surface area (Å²) in [5, 5.41) is 15.5. The van der Waals surface area contributed by atoms with Gasteiger partial charge < -0.3 is 9.84 Å². The summed E-state index contributed by atoms with van der Waals surface area (Å²) in [6.45, 7) is 3.45. The normalized spacial score (nSPS) is 12.7. The summed E-state index contributed by atoms with van der Waals surface area (Å²) < 4.78 is 7.12. The van der Waals surface area contributed by atoms with E-state index in [1.54, 1.807) is 17.5 Å². The van der Waals surface area contributed by atoms with Gasteiger partial charge >= 0.3 is 0 Å². The molecule has 3 heterocycles. The second-order valence-corrected chi connectivity index (χ2v) is 5.31. The maximum absolute atomic E-state index is 5.23. The molecule has 0 aliphatic rings. The second kappa shape index (κ2) is 5.98. The van der Waals surface area contributed by atoms with Gasteiger partial charge in [-0.05, 0) is 24.4 Å². The summed E-state index contributed by atoms with van der Waals surface area (Å²) in [5.41, 5.74) is 0.995. The largest absolute Gasteiger partial charge is 0.338 e. The van der Waals surface area contributed by atoms with Crippen molar-refractivity contribution in [2.24, 2.45) is 0 Å². The summed E-state index contributed by atoms with van der Waals surface area (Å²) in [4.78, 5) is 4.37. The maximum atomic E-state index is 5.23. The zero-order valence-electron chi connectivity index (χ0n) is 11.1. The first-order valence-corrected chi connectivity index (χ1v) is 7.31. The lowest BCUT2D eigenvalue weighted by atomic mass is 10.3. The lowest BCUT2D eigenvalue weighted by molar-refractivity contribution is 0.350. The number of hydrogen-bond donors (Lipinski definition) is 1. The Kier molecular flexibility index (Phi) is 3.89. The fourth-order valence-corrected chi connectivity index (χ4v) is 2.49. The molecule has 7 heteroatoms. The molecular formula is C13H15N5OS. The molecule has 0 aliphatic heterocycles. The third-order valence-electron chi connectivity index (χ3n) is 2.87. The fraction of sp³-hybridized carbons (Fsp3) is 0.308. The molecular weight excluding hydrogens is 274 g/mol. The van der Waals surface area contributed by atoms with Gasteiger partial charge in [-0.25, -0.2) is 0 Å². The quantitative estimate of drug-likeness (QED) is 0.753. The van der Waals surface area contributed by atoms with E-state index in [9.17, 15) is 0 Å². The van der Waals surface area contributed by atoms with E-state index in [-0.39, 0.29) is 6.04 Å². The molecule has 0 amide bonds. The van der Waals surface area contributed by atoms with Crippen molar-refractivity contribution in [3.8, 4) is 11.4 Å². The van der Waals surface area contributed by atoms with Crippen molar-refractivity contribution < 1.29 is 4.52 Å². The molecule has 1 unspecified atom stereocenters. The van der Waals surface area contributed by atoms with Crippen LogP contribution in [0, 0.1) is 0 Å². The molecule has 0 bridgehead atoms.